The van der Waals surface area contributed by atoms with Crippen molar-refractivity contribution in [2.45, 2.75) is 13.8 Å². The van der Waals surface area contributed by atoms with Gasteiger partial charge in [-0.3, -0.25) is 0 Å². The average molecular weight is 214 g/mol. The van der Waals surface area contributed by atoms with Gasteiger partial charge in [-0.25, -0.2) is 9.97 Å². The summed E-state index contributed by atoms with van der Waals surface area (Å²) in [6, 6.07) is 8.40. The summed E-state index contributed by atoms with van der Waals surface area (Å²) < 4.78 is 1.29. The number of aryl methyl sites for hydroxylation is 2. The summed E-state index contributed by atoms with van der Waals surface area (Å²) in [7, 11) is 0. The Morgan fingerprint density at radius 2 is 1.87 bits per heavy atom. The zero-order valence-corrected chi connectivity index (χ0v) is 9.43. The molecule has 0 saturated heterocycles. The van der Waals surface area contributed by atoms with Crippen LogP contribution >= 0.6 is 11.3 Å². The van der Waals surface area contributed by atoms with Gasteiger partial charge >= 0.3 is 0 Å². The molecule has 1 aromatic carbocycles. The van der Waals surface area contributed by atoms with Crippen molar-refractivity contribution in [2.75, 3.05) is 0 Å². The van der Waals surface area contributed by atoms with Crippen LogP contribution in [0.3, 0.4) is 0 Å². The molecular weight excluding hydrogens is 204 g/mol. The molecule has 74 valence electrons. The van der Waals surface area contributed by atoms with Crippen LogP contribution in [-0.2, 0) is 0 Å². The van der Waals surface area contributed by atoms with Crippen molar-refractivity contribution in [1.29, 1.82) is 0 Å². The quantitative estimate of drug-likeness (QED) is 0.572. The number of benzene rings is 1. The van der Waals surface area contributed by atoms with E-state index in [2.05, 4.69) is 41.2 Å². The van der Waals surface area contributed by atoms with Crippen molar-refractivity contribution in [3.8, 4) is 0 Å². The normalized spacial score (nSPS) is 11.3. The van der Waals surface area contributed by atoms with Crippen molar-refractivity contribution in [3.63, 3.8) is 0 Å². The van der Waals surface area contributed by atoms with Gasteiger partial charge in [0.2, 0.25) is 0 Å². The summed E-state index contributed by atoms with van der Waals surface area (Å²) in [5.41, 5.74) is 1.08. The molecule has 2 aromatic heterocycles. The smallest absolute Gasteiger partial charge is 0.128 e. The monoisotopic (exact) mass is 214 g/mol. The van der Waals surface area contributed by atoms with Crippen LogP contribution in [0.2, 0.25) is 0 Å². The maximum Gasteiger partial charge on any atom is 0.128 e. The molecule has 0 amide bonds. The summed E-state index contributed by atoms with van der Waals surface area (Å²) in [6.07, 6.45) is 0. The molecule has 0 saturated carbocycles. The van der Waals surface area contributed by atoms with E-state index >= 15 is 0 Å². The molecule has 3 rings (SSSR count). The molecule has 2 heterocycles. The van der Waals surface area contributed by atoms with E-state index in [1.807, 2.05) is 6.92 Å². The zero-order valence-electron chi connectivity index (χ0n) is 8.61. The predicted octanol–water partition coefficient (Wildman–Crippen LogP) is 3.46. The molecule has 0 fully saturated rings. The van der Waals surface area contributed by atoms with Crippen LogP contribution in [0.25, 0.3) is 20.3 Å². The second-order valence-corrected chi connectivity index (χ2v) is 4.67. The third-order valence-corrected chi connectivity index (χ3v) is 3.60. The fourth-order valence-electron chi connectivity index (χ4n) is 1.93. The first-order valence-corrected chi connectivity index (χ1v) is 5.70. The van der Waals surface area contributed by atoms with Gasteiger partial charge in [-0.05, 0) is 19.9 Å². The Hall–Kier alpha value is -1.48. The van der Waals surface area contributed by atoms with E-state index in [0.717, 1.165) is 16.3 Å². The topological polar surface area (TPSA) is 25.8 Å². The Morgan fingerprint density at radius 1 is 1.07 bits per heavy atom. The maximum absolute atomic E-state index is 4.48. The molecule has 0 unspecified atom stereocenters. The highest BCUT2D eigenvalue weighted by molar-refractivity contribution is 7.25. The molecule has 0 atom stereocenters. The van der Waals surface area contributed by atoms with Gasteiger partial charge in [0, 0.05) is 15.5 Å². The van der Waals surface area contributed by atoms with Gasteiger partial charge in [0.25, 0.3) is 0 Å². The lowest BCUT2D eigenvalue weighted by Gasteiger charge is -1.97. The predicted molar refractivity (Wildman–Crippen MR) is 64.4 cm³/mol. The zero-order chi connectivity index (χ0) is 10.4. The Balaban J connectivity index is 2.61. The fourth-order valence-corrected chi connectivity index (χ4v) is 3.10. The Labute approximate surface area is 91.6 Å². The molecule has 15 heavy (non-hydrogen) atoms. The highest BCUT2D eigenvalue weighted by Crippen LogP contribution is 2.33. The van der Waals surface area contributed by atoms with Crippen molar-refractivity contribution in [3.05, 3.63) is 35.8 Å². The minimum Gasteiger partial charge on any atom is -0.238 e. The van der Waals surface area contributed by atoms with Crippen LogP contribution in [0.15, 0.2) is 24.3 Å². The van der Waals surface area contributed by atoms with Crippen molar-refractivity contribution in [2.24, 2.45) is 0 Å². The number of nitrogens with zero attached hydrogens (tertiary/aromatic N) is 2. The standard InChI is InChI=1S/C12H10N2S/c1-7-11-9-5-3-4-6-10(9)15-12(11)14-8(2)13-7/h3-6H,1-2H3. The molecule has 0 aliphatic rings. The van der Waals surface area contributed by atoms with E-state index in [0.29, 0.717) is 0 Å². The van der Waals surface area contributed by atoms with Crippen LogP contribution in [0.4, 0.5) is 0 Å². The van der Waals surface area contributed by atoms with Gasteiger partial charge in [0.15, 0.2) is 0 Å². The number of hydrogen-bond acceptors (Lipinski definition) is 3. The van der Waals surface area contributed by atoms with E-state index in [4.69, 9.17) is 0 Å². The molecular formula is C12H10N2S. The lowest BCUT2D eigenvalue weighted by atomic mass is 10.2. The van der Waals surface area contributed by atoms with E-state index in [-0.39, 0.29) is 0 Å². The first-order valence-electron chi connectivity index (χ1n) is 4.88. The molecule has 0 aliphatic heterocycles. The Morgan fingerprint density at radius 3 is 2.73 bits per heavy atom. The van der Waals surface area contributed by atoms with Crippen LogP contribution in [0, 0.1) is 13.8 Å². The Kier molecular flexibility index (Phi) is 1.76. The van der Waals surface area contributed by atoms with Crippen molar-refractivity contribution in [1.82, 2.24) is 9.97 Å². The molecule has 0 bridgehead atoms. The van der Waals surface area contributed by atoms with E-state index in [1.165, 1.54) is 15.5 Å². The molecule has 3 aromatic rings. The number of aromatic nitrogens is 2. The van der Waals surface area contributed by atoms with E-state index in [9.17, 15) is 0 Å². The lowest BCUT2D eigenvalue weighted by Crippen LogP contribution is -1.89. The SMILES string of the molecule is Cc1nc(C)c2c(n1)sc1ccccc12. The fraction of sp³-hybridized carbons (Fsp3) is 0.167. The minimum absolute atomic E-state index is 0.853. The summed E-state index contributed by atoms with van der Waals surface area (Å²) >= 11 is 1.74. The third-order valence-electron chi connectivity index (χ3n) is 2.53. The molecule has 0 radical (unpaired) electrons. The second-order valence-electron chi connectivity index (χ2n) is 3.63. The molecule has 3 heteroatoms. The van der Waals surface area contributed by atoms with Crippen LogP contribution < -0.4 is 0 Å². The van der Waals surface area contributed by atoms with Crippen LogP contribution in [0.5, 0.6) is 0 Å². The number of thiophene rings is 1. The van der Waals surface area contributed by atoms with Gasteiger partial charge in [0.05, 0.1) is 5.69 Å². The summed E-state index contributed by atoms with van der Waals surface area (Å²) in [6.45, 7) is 3.99. The van der Waals surface area contributed by atoms with E-state index < -0.39 is 0 Å². The summed E-state index contributed by atoms with van der Waals surface area (Å²) in [5, 5.41) is 2.48. The molecule has 0 aliphatic carbocycles. The lowest BCUT2D eigenvalue weighted by molar-refractivity contribution is 1.06. The van der Waals surface area contributed by atoms with Crippen LogP contribution in [0.1, 0.15) is 11.5 Å². The van der Waals surface area contributed by atoms with Gasteiger partial charge in [-0.1, -0.05) is 18.2 Å². The molecule has 0 spiro atoms. The highest BCUT2D eigenvalue weighted by atomic mass is 32.1. The van der Waals surface area contributed by atoms with Gasteiger partial charge in [-0.15, -0.1) is 11.3 Å². The largest absolute Gasteiger partial charge is 0.238 e. The number of hydrogen-bond donors (Lipinski definition) is 0. The van der Waals surface area contributed by atoms with Gasteiger partial charge < -0.3 is 0 Å². The first kappa shape index (κ1) is 8.80. The third kappa shape index (κ3) is 1.23. The average Bonchev–Trinajstić information content (AvgIpc) is 2.54. The second kappa shape index (κ2) is 3.00. The maximum atomic E-state index is 4.48. The Bertz CT molecular complexity index is 655. The van der Waals surface area contributed by atoms with Gasteiger partial charge in [-0.2, -0.15) is 0 Å². The first-order chi connectivity index (χ1) is 7.25. The summed E-state index contributed by atoms with van der Waals surface area (Å²) in [5.74, 6) is 0.853. The summed E-state index contributed by atoms with van der Waals surface area (Å²) in [4.78, 5) is 10.00. The number of fused-ring (bicyclic) bond motifs is 3. The number of rotatable bonds is 0. The molecule has 0 N–H and O–H groups in total. The van der Waals surface area contributed by atoms with Crippen molar-refractivity contribution < 1.29 is 0 Å². The van der Waals surface area contributed by atoms with Gasteiger partial charge in [0.1, 0.15) is 10.7 Å². The van der Waals surface area contributed by atoms with E-state index in [1.54, 1.807) is 11.3 Å². The molecule has 2 nitrogen and oxygen atoms in total. The minimum atomic E-state index is 0.853. The highest BCUT2D eigenvalue weighted by Gasteiger charge is 2.09. The van der Waals surface area contributed by atoms with Crippen LogP contribution in [-0.4, -0.2) is 9.97 Å². The van der Waals surface area contributed by atoms with Crippen molar-refractivity contribution >= 4 is 31.6 Å².